The molecule has 7 heteroatoms. The minimum absolute atomic E-state index is 0.167. The Kier molecular flexibility index (Phi) is 6.30. The Bertz CT molecular complexity index is 1370. The van der Waals surface area contributed by atoms with Crippen LogP contribution in [0.4, 0.5) is 0 Å². The number of benzene rings is 1. The van der Waals surface area contributed by atoms with Crippen molar-refractivity contribution in [2.24, 2.45) is 11.8 Å². The predicted molar refractivity (Wildman–Crippen MR) is 134 cm³/mol. The molecule has 1 saturated carbocycles. The Balaban J connectivity index is 2.08. The van der Waals surface area contributed by atoms with E-state index >= 15 is 0 Å². The largest absolute Gasteiger partial charge is 0.476 e. The van der Waals surface area contributed by atoms with Gasteiger partial charge in [0.25, 0.3) is 0 Å². The Hall–Kier alpha value is -4.20. The van der Waals surface area contributed by atoms with Gasteiger partial charge in [-0.15, -0.1) is 0 Å². The van der Waals surface area contributed by atoms with E-state index in [-0.39, 0.29) is 17.2 Å². The fraction of sp³-hybridized carbons (Fsp3) is 0.310. The normalized spacial score (nSPS) is 28.5. The summed E-state index contributed by atoms with van der Waals surface area (Å²) in [6, 6.07) is 13.7. The molecule has 0 spiro atoms. The molecule has 1 N–H and O–H groups in total. The lowest BCUT2D eigenvalue weighted by atomic mass is 9.69. The maximum Gasteiger partial charge on any atom is 0.226 e. The minimum Gasteiger partial charge on any atom is -0.476 e. The van der Waals surface area contributed by atoms with Crippen LogP contribution in [-0.4, -0.2) is 40.6 Å². The van der Waals surface area contributed by atoms with Gasteiger partial charge in [-0.1, -0.05) is 56.0 Å². The molecule has 1 aromatic heterocycles. The van der Waals surface area contributed by atoms with Gasteiger partial charge in [0.15, 0.2) is 5.60 Å². The number of aliphatic hydroxyl groups is 1. The Morgan fingerprint density at radius 1 is 1.22 bits per heavy atom. The van der Waals surface area contributed by atoms with Gasteiger partial charge in [0.2, 0.25) is 5.91 Å². The Morgan fingerprint density at radius 2 is 1.92 bits per heavy atom. The molecule has 1 amide bonds. The molecule has 2 aliphatic rings. The molecule has 0 bridgehead atoms. The summed E-state index contributed by atoms with van der Waals surface area (Å²) in [6.07, 6.45) is 7.81. The van der Waals surface area contributed by atoms with Crippen LogP contribution in [0.15, 0.2) is 78.7 Å². The summed E-state index contributed by atoms with van der Waals surface area (Å²) in [7, 11) is 3.36. The summed E-state index contributed by atoms with van der Waals surface area (Å²) in [5, 5.41) is 32.1. The van der Waals surface area contributed by atoms with Crippen molar-refractivity contribution in [1.29, 1.82) is 10.5 Å². The first kappa shape index (κ1) is 24.9. The summed E-state index contributed by atoms with van der Waals surface area (Å²) in [5.74, 6) is -1.89. The monoisotopic (exact) mass is 480 g/mol. The molecule has 36 heavy (non-hydrogen) atoms. The van der Waals surface area contributed by atoms with Gasteiger partial charge in [0.05, 0.1) is 29.3 Å². The maximum atomic E-state index is 13.7. The maximum absolute atomic E-state index is 13.7. The number of hydrogen-bond acceptors (Lipinski definition) is 6. The molecular formula is C29H28N4O3. The molecule has 2 heterocycles. The second kappa shape index (κ2) is 9.11. The summed E-state index contributed by atoms with van der Waals surface area (Å²) in [5.41, 5.74) is -1.24. The zero-order chi connectivity index (χ0) is 26.3. The lowest BCUT2D eigenvalue weighted by Gasteiger charge is -2.41. The fourth-order valence-electron chi connectivity index (χ4n) is 5.88. The number of carbonyl (C=O) groups excluding carboxylic acids is 1. The third-order valence-electron chi connectivity index (χ3n) is 7.51. The molecule has 5 atom stereocenters. The van der Waals surface area contributed by atoms with E-state index in [0.717, 1.165) is 5.56 Å². The van der Waals surface area contributed by atoms with Crippen molar-refractivity contribution < 1.29 is 14.6 Å². The van der Waals surface area contributed by atoms with Crippen molar-refractivity contribution in [3.05, 3.63) is 95.4 Å². The van der Waals surface area contributed by atoms with Crippen LogP contribution in [0.2, 0.25) is 0 Å². The third-order valence-corrected chi connectivity index (χ3v) is 7.51. The highest BCUT2D eigenvalue weighted by atomic mass is 16.5. The SMILES string of the molecule is C=C(/C=C\C(C#N)=C/C)[C@@]12Oc3cncc(C#N)c3[C@]1(O)[C@H](C)[C@H](C(=O)N(C)C)[C@H]2c1ccccc1. The molecule has 0 saturated heterocycles. The second-order valence-electron chi connectivity index (χ2n) is 9.43. The number of allylic oxidation sites excluding steroid dienone is 3. The number of fused-ring (bicyclic) bond motifs is 3. The molecule has 1 aliphatic carbocycles. The molecule has 0 radical (unpaired) electrons. The van der Waals surface area contributed by atoms with E-state index in [1.807, 2.05) is 37.3 Å². The number of amides is 1. The van der Waals surface area contributed by atoms with Crippen LogP contribution in [0.3, 0.4) is 0 Å². The van der Waals surface area contributed by atoms with Gasteiger partial charge in [-0.25, -0.2) is 0 Å². The van der Waals surface area contributed by atoms with Crippen LogP contribution in [0.5, 0.6) is 5.75 Å². The number of aromatic nitrogens is 1. The molecule has 0 unspecified atom stereocenters. The molecule has 1 aromatic carbocycles. The number of pyridine rings is 1. The second-order valence-corrected chi connectivity index (χ2v) is 9.43. The van der Waals surface area contributed by atoms with Crippen LogP contribution in [0, 0.1) is 34.5 Å². The number of hydrogen-bond donors (Lipinski definition) is 1. The highest BCUT2D eigenvalue weighted by Gasteiger charge is 2.76. The van der Waals surface area contributed by atoms with Crippen LogP contribution in [0.1, 0.15) is 36.5 Å². The number of carbonyl (C=O) groups is 1. The Labute approximate surface area is 211 Å². The van der Waals surface area contributed by atoms with Gasteiger partial charge in [-0.05, 0) is 24.1 Å². The van der Waals surface area contributed by atoms with Crippen LogP contribution in [-0.2, 0) is 10.4 Å². The quantitative estimate of drug-likeness (QED) is 0.512. The molecular weight excluding hydrogens is 452 g/mol. The van der Waals surface area contributed by atoms with E-state index in [1.165, 1.54) is 17.3 Å². The number of nitriles is 2. The average Bonchev–Trinajstić information content (AvgIpc) is 3.27. The van der Waals surface area contributed by atoms with E-state index in [0.29, 0.717) is 16.7 Å². The van der Waals surface area contributed by atoms with Gasteiger partial charge in [-0.2, -0.15) is 10.5 Å². The zero-order valence-corrected chi connectivity index (χ0v) is 20.8. The summed E-state index contributed by atoms with van der Waals surface area (Å²) >= 11 is 0. The molecule has 4 rings (SSSR count). The van der Waals surface area contributed by atoms with Crippen LogP contribution in [0.25, 0.3) is 0 Å². The minimum atomic E-state index is -1.78. The van der Waals surface area contributed by atoms with Crippen molar-refractivity contribution in [2.75, 3.05) is 14.1 Å². The van der Waals surface area contributed by atoms with Crippen molar-refractivity contribution in [3.8, 4) is 17.9 Å². The number of ether oxygens (including phenoxy) is 1. The van der Waals surface area contributed by atoms with Gasteiger partial charge < -0.3 is 14.7 Å². The van der Waals surface area contributed by atoms with E-state index < -0.39 is 29.0 Å². The first-order valence-electron chi connectivity index (χ1n) is 11.7. The first-order valence-corrected chi connectivity index (χ1v) is 11.7. The summed E-state index contributed by atoms with van der Waals surface area (Å²) in [6.45, 7) is 7.87. The van der Waals surface area contributed by atoms with Crippen LogP contribution >= 0.6 is 0 Å². The van der Waals surface area contributed by atoms with Crippen molar-refractivity contribution >= 4 is 5.91 Å². The summed E-state index contributed by atoms with van der Waals surface area (Å²) < 4.78 is 6.64. The number of nitrogens with zero attached hydrogens (tertiary/aromatic N) is 4. The average molecular weight is 481 g/mol. The topological polar surface area (TPSA) is 110 Å². The van der Waals surface area contributed by atoms with E-state index in [4.69, 9.17) is 4.74 Å². The predicted octanol–water partition coefficient (Wildman–Crippen LogP) is 3.99. The van der Waals surface area contributed by atoms with Crippen molar-refractivity contribution in [3.63, 3.8) is 0 Å². The van der Waals surface area contributed by atoms with Gasteiger partial charge in [0.1, 0.15) is 17.4 Å². The van der Waals surface area contributed by atoms with Crippen molar-refractivity contribution in [2.45, 2.75) is 31.0 Å². The van der Waals surface area contributed by atoms with Gasteiger partial charge in [-0.3, -0.25) is 9.78 Å². The lowest BCUT2D eigenvalue weighted by molar-refractivity contribution is -0.136. The number of rotatable bonds is 5. The zero-order valence-electron chi connectivity index (χ0n) is 20.8. The standard InChI is InChI=1S/C29H28N4O3/c1-6-20(14-30)13-12-18(2)29-26(21-10-8-7-9-11-21)24(27(34)33(4)5)19(3)28(29,35)25-22(15-31)16-32-17-23(25)36-29/h6-13,16-17,19,24,26,35H,2H2,1,3-5H3/b13-12-,20-6+/t19-,24+,26-,28-,29+/m1/s1. The van der Waals surface area contributed by atoms with Crippen molar-refractivity contribution in [1.82, 2.24) is 9.88 Å². The summed E-state index contributed by atoms with van der Waals surface area (Å²) in [4.78, 5) is 19.3. The van der Waals surface area contributed by atoms with E-state index in [1.54, 1.807) is 39.2 Å². The lowest BCUT2D eigenvalue weighted by Crippen LogP contribution is -2.53. The highest BCUT2D eigenvalue weighted by Crippen LogP contribution is 2.69. The molecule has 182 valence electrons. The van der Waals surface area contributed by atoms with E-state index in [2.05, 4.69) is 23.7 Å². The van der Waals surface area contributed by atoms with E-state index in [9.17, 15) is 20.4 Å². The first-order chi connectivity index (χ1) is 17.2. The van der Waals surface area contributed by atoms with Crippen LogP contribution < -0.4 is 4.74 Å². The fourth-order valence-corrected chi connectivity index (χ4v) is 5.88. The van der Waals surface area contributed by atoms with Gasteiger partial charge in [0, 0.05) is 37.7 Å². The third kappa shape index (κ3) is 3.28. The molecule has 2 aromatic rings. The van der Waals surface area contributed by atoms with Gasteiger partial charge >= 0.3 is 0 Å². The molecule has 7 nitrogen and oxygen atoms in total. The smallest absolute Gasteiger partial charge is 0.226 e. The Morgan fingerprint density at radius 3 is 2.50 bits per heavy atom. The highest BCUT2D eigenvalue weighted by molar-refractivity contribution is 5.82. The molecule has 1 aliphatic heterocycles. The molecule has 1 fully saturated rings.